The van der Waals surface area contributed by atoms with Crippen molar-refractivity contribution in [2.75, 3.05) is 6.54 Å². The molecule has 0 saturated heterocycles. The average molecular weight is 300 g/mol. The van der Waals surface area contributed by atoms with Crippen molar-refractivity contribution >= 4 is 12.0 Å². The molecule has 0 saturated carbocycles. The second kappa shape index (κ2) is 10.5. The topological polar surface area (TPSA) is 58.6 Å². The average Bonchev–Trinajstić information content (AvgIpc) is 2.40. The maximum Gasteiger partial charge on any atom is 0.434 e. The molecule has 1 N–H and O–H groups in total. The zero-order chi connectivity index (χ0) is 16.3. The van der Waals surface area contributed by atoms with Crippen LogP contribution in [0.15, 0.2) is 0 Å². The molecule has 0 spiro atoms. The highest BCUT2D eigenvalue weighted by Gasteiger charge is 2.27. The first-order chi connectivity index (χ1) is 9.82. The summed E-state index contributed by atoms with van der Waals surface area (Å²) in [7, 11) is 0. The monoisotopic (exact) mass is 300 g/mol. The maximum absolute atomic E-state index is 12.1. The predicted molar refractivity (Wildman–Crippen MR) is 84.7 cm³/mol. The third-order valence-corrected chi connectivity index (χ3v) is 3.27. The molecule has 0 aromatic carbocycles. The first-order valence-electron chi connectivity index (χ1n) is 8.10. The first-order valence-corrected chi connectivity index (χ1v) is 8.10. The van der Waals surface area contributed by atoms with Crippen molar-refractivity contribution in [2.24, 2.45) is 0 Å². The fourth-order valence-corrected chi connectivity index (χ4v) is 1.94. The Kier molecular flexibility index (Phi) is 9.84. The minimum Gasteiger partial charge on any atom is -0.321 e. The highest BCUT2D eigenvalue weighted by Crippen LogP contribution is 2.15. The van der Waals surface area contributed by atoms with Crippen LogP contribution in [-0.2, 0) is 9.63 Å². The summed E-state index contributed by atoms with van der Waals surface area (Å²) in [6.07, 6.45) is 5.95. The van der Waals surface area contributed by atoms with Crippen molar-refractivity contribution in [3.8, 4) is 0 Å². The van der Waals surface area contributed by atoms with Crippen molar-refractivity contribution < 1.29 is 14.4 Å². The lowest BCUT2D eigenvalue weighted by molar-refractivity contribution is -0.130. The van der Waals surface area contributed by atoms with Gasteiger partial charge >= 0.3 is 6.09 Å². The Morgan fingerprint density at radius 2 is 1.62 bits per heavy atom. The Morgan fingerprint density at radius 3 is 2.14 bits per heavy atom. The lowest BCUT2D eigenvalue weighted by atomic mass is 10.1. The number of carbonyl (C=O) groups excluding carboxylic acids is 2. The van der Waals surface area contributed by atoms with Crippen molar-refractivity contribution in [2.45, 2.75) is 85.1 Å². The number of nitrogens with zero attached hydrogens (tertiary/aromatic N) is 1. The van der Waals surface area contributed by atoms with Crippen LogP contribution in [0.5, 0.6) is 0 Å². The van der Waals surface area contributed by atoms with Crippen LogP contribution in [0.25, 0.3) is 0 Å². The predicted octanol–water partition coefficient (Wildman–Crippen LogP) is 4.03. The highest BCUT2D eigenvalue weighted by atomic mass is 16.7. The third-order valence-electron chi connectivity index (χ3n) is 3.27. The van der Waals surface area contributed by atoms with E-state index in [9.17, 15) is 9.59 Å². The van der Waals surface area contributed by atoms with E-state index in [1.165, 1.54) is 0 Å². The Bertz CT molecular complexity index is 311. The molecule has 21 heavy (non-hydrogen) atoms. The second-order valence-electron chi connectivity index (χ2n) is 6.38. The molecule has 0 aromatic rings. The standard InChI is InChI=1S/C16H32N2O3/c1-6-8-10-11-12-14(19)17-21-15(20)18(13-9-7-2)16(3,4)5/h6-13H2,1-5H3,(H,17,19). The minimum absolute atomic E-state index is 0.233. The Balaban J connectivity index is 4.15. The smallest absolute Gasteiger partial charge is 0.321 e. The molecular formula is C16H32N2O3. The number of rotatable bonds is 8. The van der Waals surface area contributed by atoms with E-state index in [0.29, 0.717) is 13.0 Å². The van der Waals surface area contributed by atoms with Gasteiger partial charge in [0, 0.05) is 18.5 Å². The van der Waals surface area contributed by atoms with Gasteiger partial charge in [-0.05, 0) is 33.6 Å². The number of carbonyl (C=O) groups is 2. The van der Waals surface area contributed by atoms with Gasteiger partial charge in [-0.3, -0.25) is 4.79 Å². The number of hydrogen-bond donors (Lipinski definition) is 1. The molecular weight excluding hydrogens is 268 g/mol. The van der Waals surface area contributed by atoms with Crippen molar-refractivity contribution in [3.63, 3.8) is 0 Å². The largest absolute Gasteiger partial charge is 0.434 e. The first kappa shape index (κ1) is 19.7. The zero-order valence-corrected chi connectivity index (χ0v) is 14.3. The van der Waals surface area contributed by atoms with Gasteiger partial charge in [0.1, 0.15) is 0 Å². The number of nitrogens with one attached hydrogen (secondary N) is 1. The molecule has 0 aliphatic carbocycles. The van der Waals surface area contributed by atoms with Crippen LogP contribution in [0.1, 0.15) is 79.6 Å². The van der Waals surface area contributed by atoms with Crippen molar-refractivity contribution in [1.29, 1.82) is 0 Å². The quantitative estimate of drug-likeness (QED) is 0.544. The van der Waals surface area contributed by atoms with Crippen LogP contribution >= 0.6 is 0 Å². The minimum atomic E-state index is -0.488. The van der Waals surface area contributed by atoms with Gasteiger partial charge < -0.3 is 9.74 Å². The van der Waals surface area contributed by atoms with E-state index in [4.69, 9.17) is 4.84 Å². The molecule has 0 aliphatic heterocycles. The molecule has 5 heteroatoms. The zero-order valence-electron chi connectivity index (χ0n) is 14.3. The second-order valence-corrected chi connectivity index (χ2v) is 6.38. The normalized spacial score (nSPS) is 11.1. The molecule has 0 unspecified atom stereocenters. The third kappa shape index (κ3) is 9.32. The summed E-state index contributed by atoms with van der Waals surface area (Å²) in [6, 6.07) is 0. The van der Waals surface area contributed by atoms with E-state index in [0.717, 1.165) is 38.5 Å². The summed E-state index contributed by atoms with van der Waals surface area (Å²) in [5.41, 5.74) is 1.94. The van der Waals surface area contributed by atoms with E-state index in [2.05, 4.69) is 19.3 Å². The molecule has 0 bridgehead atoms. The molecule has 0 fully saturated rings. The lowest BCUT2D eigenvalue weighted by Crippen LogP contribution is -2.48. The van der Waals surface area contributed by atoms with Gasteiger partial charge in [0.25, 0.3) is 5.91 Å². The van der Waals surface area contributed by atoms with Crippen molar-refractivity contribution in [1.82, 2.24) is 10.4 Å². The summed E-state index contributed by atoms with van der Waals surface area (Å²) >= 11 is 0. The molecule has 0 aliphatic rings. The highest BCUT2D eigenvalue weighted by molar-refractivity contribution is 5.77. The van der Waals surface area contributed by atoms with Gasteiger partial charge in [-0.25, -0.2) is 4.79 Å². The molecule has 2 amide bonds. The van der Waals surface area contributed by atoms with Gasteiger partial charge in [0.2, 0.25) is 0 Å². The van der Waals surface area contributed by atoms with Crippen LogP contribution in [0.2, 0.25) is 0 Å². The number of amides is 2. The van der Waals surface area contributed by atoms with E-state index < -0.39 is 6.09 Å². The number of hydroxylamine groups is 1. The summed E-state index contributed by atoms with van der Waals surface area (Å²) in [5, 5.41) is 0. The van der Waals surface area contributed by atoms with Gasteiger partial charge in [0.15, 0.2) is 0 Å². The number of unbranched alkanes of at least 4 members (excludes halogenated alkanes) is 4. The lowest BCUT2D eigenvalue weighted by Gasteiger charge is -2.34. The van der Waals surface area contributed by atoms with Crippen LogP contribution in [0.3, 0.4) is 0 Å². The summed E-state index contributed by atoms with van der Waals surface area (Å²) in [6.45, 7) is 10.7. The molecule has 0 atom stereocenters. The Hall–Kier alpha value is -1.26. The van der Waals surface area contributed by atoms with E-state index in [-0.39, 0.29) is 11.4 Å². The molecule has 5 nitrogen and oxygen atoms in total. The van der Waals surface area contributed by atoms with Crippen molar-refractivity contribution in [3.05, 3.63) is 0 Å². The van der Waals surface area contributed by atoms with Gasteiger partial charge in [-0.1, -0.05) is 39.5 Å². The summed E-state index contributed by atoms with van der Waals surface area (Å²) in [4.78, 5) is 30.2. The summed E-state index contributed by atoms with van der Waals surface area (Å²) < 4.78 is 0. The maximum atomic E-state index is 12.1. The fourth-order valence-electron chi connectivity index (χ4n) is 1.94. The van der Waals surface area contributed by atoms with E-state index in [1.54, 1.807) is 4.90 Å². The van der Waals surface area contributed by atoms with E-state index in [1.807, 2.05) is 20.8 Å². The Labute approximate surface area is 129 Å². The molecule has 0 aromatic heterocycles. The molecule has 0 rings (SSSR count). The SMILES string of the molecule is CCCCCCC(=O)NOC(=O)N(CCCC)C(C)(C)C. The van der Waals surface area contributed by atoms with Crippen LogP contribution in [0, 0.1) is 0 Å². The van der Waals surface area contributed by atoms with Crippen LogP contribution in [0.4, 0.5) is 4.79 Å². The van der Waals surface area contributed by atoms with E-state index >= 15 is 0 Å². The number of hydrogen-bond acceptors (Lipinski definition) is 3. The van der Waals surface area contributed by atoms with Gasteiger partial charge in [0.05, 0.1) is 0 Å². The fraction of sp³-hybridized carbons (Fsp3) is 0.875. The Morgan fingerprint density at radius 1 is 1.00 bits per heavy atom. The van der Waals surface area contributed by atoms with Gasteiger partial charge in [-0.2, -0.15) is 5.48 Å². The molecule has 0 heterocycles. The van der Waals surface area contributed by atoms with Crippen LogP contribution < -0.4 is 5.48 Å². The molecule has 0 radical (unpaired) electrons. The van der Waals surface area contributed by atoms with Crippen LogP contribution in [-0.4, -0.2) is 29.0 Å². The van der Waals surface area contributed by atoms with Gasteiger partial charge in [-0.15, -0.1) is 0 Å². The molecule has 124 valence electrons. The summed E-state index contributed by atoms with van der Waals surface area (Å²) in [5.74, 6) is -0.233.